The fourth-order valence-electron chi connectivity index (χ4n) is 0.799. The van der Waals surface area contributed by atoms with Crippen LogP contribution in [0.5, 0.6) is 0 Å². The van der Waals surface area contributed by atoms with Crippen LogP contribution in [0.15, 0.2) is 0 Å². The summed E-state index contributed by atoms with van der Waals surface area (Å²) in [7, 11) is 0. The van der Waals surface area contributed by atoms with Gasteiger partial charge in [-0.3, -0.25) is 0 Å². The molecule has 0 saturated carbocycles. The Balaban J connectivity index is 3.71. The summed E-state index contributed by atoms with van der Waals surface area (Å²) in [4.78, 5) is 0. The second kappa shape index (κ2) is 6.35. The molecule has 0 spiro atoms. The molecule has 0 heterocycles. The van der Waals surface area contributed by atoms with Gasteiger partial charge in [0.05, 0.1) is 13.2 Å². The van der Waals surface area contributed by atoms with Crippen LogP contribution >= 0.6 is 0 Å². The molecule has 2 unspecified atom stereocenters. The monoisotopic (exact) mass is 204 g/mol. The van der Waals surface area contributed by atoms with Crippen LogP contribution in [0.3, 0.4) is 0 Å². The summed E-state index contributed by atoms with van der Waals surface area (Å²) in [6, 6.07) is 0.103. The molecule has 0 radical (unpaired) electrons. The zero-order valence-electron chi connectivity index (χ0n) is 9.75. The fraction of sp³-hybridized carbons (Fsp3) is 1.00. The van der Waals surface area contributed by atoms with E-state index >= 15 is 0 Å². The first-order valence-electron chi connectivity index (χ1n) is 5.16. The third-order valence-corrected chi connectivity index (χ3v) is 1.86. The maximum Gasteiger partial charge on any atom is 0.162 e. The Morgan fingerprint density at radius 2 is 1.64 bits per heavy atom. The van der Waals surface area contributed by atoms with Crippen LogP contribution in [0.25, 0.3) is 0 Å². The molecular formula is C10H24N2O2. The molecule has 0 saturated heterocycles. The van der Waals surface area contributed by atoms with Crippen molar-refractivity contribution in [1.29, 1.82) is 0 Å². The predicted molar refractivity (Wildman–Crippen MR) is 57.9 cm³/mol. The number of ether oxygens (including phenoxy) is 2. The van der Waals surface area contributed by atoms with E-state index in [1.54, 1.807) is 0 Å². The van der Waals surface area contributed by atoms with Gasteiger partial charge in [0, 0.05) is 12.1 Å². The van der Waals surface area contributed by atoms with Gasteiger partial charge in [0.2, 0.25) is 0 Å². The topological polar surface area (TPSA) is 70.5 Å². The molecule has 0 aromatic carbocycles. The first kappa shape index (κ1) is 13.8. The molecule has 4 heteroatoms. The van der Waals surface area contributed by atoms with Crippen molar-refractivity contribution in [2.75, 3.05) is 13.2 Å². The van der Waals surface area contributed by atoms with E-state index in [1.807, 2.05) is 27.7 Å². The van der Waals surface area contributed by atoms with Gasteiger partial charge < -0.3 is 20.9 Å². The Morgan fingerprint density at radius 1 is 1.14 bits per heavy atom. The molecule has 0 aliphatic heterocycles. The second-order valence-electron chi connectivity index (χ2n) is 4.17. The summed E-state index contributed by atoms with van der Waals surface area (Å²) in [5, 5.41) is 0. The highest BCUT2D eigenvalue weighted by molar-refractivity contribution is 4.62. The third kappa shape index (κ3) is 7.26. The van der Waals surface area contributed by atoms with E-state index in [9.17, 15) is 0 Å². The van der Waals surface area contributed by atoms with Gasteiger partial charge in [-0.15, -0.1) is 0 Å². The number of nitrogens with two attached hydrogens (primary N) is 2. The zero-order chi connectivity index (χ0) is 11.2. The Morgan fingerprint density at radius 3 is 2.07 bits per heavy atom. The van der Waals surface area contributed by atoms with Gasteiger partial charge in [-0.25, -0.2) is 0 Å². The summed E-state index contributed by atoms with van der Waals surface area (Å²) >= 11 is 0. The Labute approximate surface area is 86.9 Å². The van der Waals surface area contributed by atoms with Crippen molar-refractivity contribution < 1.29 is 9.47 Å². The van der Waals surface area contributed by atoms with Crippen LogP contribution in [-0.2, 0) is 9.47 Å². The third-order valence-electron chi connectivity index (χ3n) is 1.86. The summed E-state index contributed by atoms with van der Waals surface area (Å²) in [6.07, 6.45) is 0.906. The SMILES string of the molecule is CCC(N)COC(C)(C)OCC(C)N. The van der Waals surface area contributed by atoms with Crippen molar-refractivity contribution in [3.05, 3.63) is 0 Å². The highest BCUT2D eigenvalue weighted by atomic mass is 16.7. The van der Waals surface area contributed by atoms with Crippen molar-refractivity contribution in [3.63, 3.8) is 0 Å². The standard InChI is InChI=1S/C10H24N2O2/c1-5-9(12)7-14-10(3,4)13-6-8(2)11/h8-9H,5-7,11-12H2,1-4H3. The van der Waals surface area contributed by atoms with E-state index in [0.29, 0.717) is 13.2 Å². The first-order valence-corrected chi connectivity index (χ1v) is 5.16. The lowest BCUT2D eigenvalue weighted by Gasteiger charge is -2.27. The smallest absolute Gasteiger partial charge is 0.162 e. The lowest BCUT2D eigenvalue weighted by molar-refractivity contribution is -0.216. The van der Waals surface area contributed by atoms with Crippen LogP contribution in [0.4, 0.5) is 0 Å². The Hall–Kier alpha value is -0.160. The van der Waals surface area contributed by atoms with Crippen molar-refractivity contribution in [2.24, 2.45) is 11.5 Å². The minimum Gasteiger partial charge on any atom is -0.349 e. The molecule has 4 nitrogen and oxygen atoms in total. The average Bonchev–Trinajstić information content (AvgIpc) is 2.11. The number of hydrogen-bond donors (Lipinski definition) is 2. The van der Waals surface area contributed by atoms with Crippen molar-refractivity contribution in [1.82, 2.24) is 0 Å². The first-order chi connectivity index (χ1) is 6.37. The molecule has 4 N–H and O–H groups in total. The number of hydrogen-bond acceptors (Lipinski definition) is 4. The van der Waals surface area contributed by atoms with Crippen LogP contribution < -0.4 is 11.5 Å². The predicted octanol–water partition coefficient (Wildman–Crippen LogP) is 0.840. The summed E-state index contributed by atoms with van der Waals surface area (Å²) < 4.78 is 11.0. The van der Waals surface area contributed by atoms with Gasteiger partial charge in [-0.2, -0.15) is 0 Å². The molecule has 0 amide bonds. The van der Waals surface area contributed by atoms with Crippen LogP contribution in [0.1, 0.15) is 34.1 Å². The fourth-order valence-corrected chi connectivity index (χ4v) is 0.799. The van der Waals surface area contributed by atoms with Gasteiger partial charge >= 0.3 is 0 Å². The normalized spacial score (nSPS) is 16.7. The van der Waals surface area contributed by atoms with Gasteiger partial charge in [-0.05, 0) is 27.2 Å². The van der Waals surface area contributed by atoms with E-state index in [4.69, 9.17) is 20.9 Å². The molecule has 0 rings (SSSR count). The minimum atomic E-state index is -0.597. The average molecular weight is 204 g/mol. The Kier molecular flexibility index (Phi) is 6.27. The largest absolute Gasteiger partial charge is 0.349 e. The molecule has 14 heavy (non-hydrogen) atoms. The Bertz CT molecular complexity index is 149. The van der Waals surface area contributed by atoms with E-state index < -0.39 is 5.79 Å². The van der Waals surface area contributed by atoms with Gasteiger partial charge in [0.15, 0.2) is 5.79 Å². The summed E-state index contributed by atoms with van der Waals surface area (Å²) in [5.41, 5.74) is 11.3. The maximum absolute atomic E-state index is 5.73. The molecular weight excluding hydrogens is 180 g/mol. The van der Waals surface area contributed by atoms with Gasteiger partial charge in [0.1, 0.15) is 0 Å². The summed E-state index contributed by atoms with van der Waals surface area (Å²) in [5.74, 6) is -0.597. The van der Waals surface area contributed by atoms with Crippen molar-refractivity contribution in [3.8, 4) is 0 Å². The van der Waals surface area contributed by atoms with E-state index in [1.165, 1.54) is 0 Å². The minimum absolute atomic E-state index is 0.0257. The maximum atomic E-state index is 5.73. The highest BCUT2D eigenvalue weighted by Crippen LogP contribution is 2.11. The lowest BCUT2D eigenvalue weighted by atomic mass is 10.2. The van der Waals surface area contributed by atoms with Gasteiger partial charge in [0.25, 0.3) is 0 Å². The van der Waals surface area contributed by atoms with E-state index in [-0.39, 0.29) is 12.1 Å². The molecule has 0 aliphatic rings. The second-order valence-corrected chi connectivity index (χ2v) is 4.17. The quantitative estimate of drug-likeness (QED) is 0.603. The molecule has 0 aliphatic carbocycles. The van der Waals surface area contributed by atoms with Crippen molar-refractivity contribution in [2.45, 2.75) is 52.0 Å². The van der Waals surface area contributed by atoms with Crippen LogP contribution in [0, 0.1) is 0 Å². The van der Waals surface area contributed by atoms with Crippen LogP contribution in [-0.4, -0.2) is 31.1 Å². The molecule has 86 valence electrons. The van der Waals surface area contributed by atoms with E-state index in [0.717, 1.165) is 6.42 Å². The molecule has 2 atom stereocenters. The van der Waals surface area contributed by atoms with Gasteiger partial charge in [-0.1, -0.05) is 6.92 Å². The van der Waals surface area contributed by atoms with Crippen LogP contribution in [0.2, 0.25) is 0 Å². The number of rotatable bonds is 7. The molecule has 0 aromatic heterocycles. The zero-order valence-corrected chi connectivity index (χ0v) is 9.75. The highest BCUT2D eigenvalue weighted by Gasteiger charge is 2.20. The molecule has 0 fully saturated rings. The molecule has 0 bridgehead atoms. The molecule has 0 aromatic rings. The summed E-state index contributed by atoms with van der Waals surface area (Å²) in [6.45, 7) is 8.68. The lowest BCUT2D eigenvalue weighted by Crippen LogP contribution is -2.37. The van der Waals surface area contributed by atoms with Crippen molar-refractivity contribution >= 4 is 0 Å². The van der Waals surface area contributed by atoms with E-state index in [2.05, 4.69) is 0 Å².